The highest BCUT2D eigenvalue weighted by Crippen LogP contribution is 2.19. The van der Waals surface area contributed by atoms with Gasteiger partial charge in [-0.25, -0.2) is 4.98 Å². The molecule has 1 rings (SSSR count). The minimum atomic E-state index is -0.748. The molecule has 0 saturated carbocycles. The Morgan fingerprint density at radius 2 is 2.29 bits per heavy atom. The van der Waals surface area contributed by atoms with Crippen molar-refractivity contribution in [3.8, 4) is 0 Å². The molecule has 0 atom stereocenters. The molecule has 0 aliphatic carbocycles. The van der Waals surface area contributed by atoms with E-state index < -0.39 is 11.4 Å². The van der Waals surface area contributed by atoms with E-state index in [-0.39, 0.29) is 0 Å². The van der Waals surface area contributed by atoms with Crippen LogP contribution >= 0.6 is 11.3 Å². The summed E-state index contributed by atoms with van der Waals surface area (Å²) in [6.45, 7) is 7.02. The van der Waals surface area contributed by atoms with Crippen LogP contribution in [0.5, 0.6) is 0 Å². The molecule has 0 aliphatic rings. The average molecular weight is 256 g/mol. The fraction of sp³-hybridized carbons (Fsp3) is 0.667. The first kappa shape index (κ1) is 14.1. The molecule has 0 aliphatic heterocycles. The van der Waals surface area contributed by atoms with Gasteiger partial charge in [-0.2, -0.15) is 0 Å². The van der Waals surface area contributed by atoms with E-state index in [2.05, 4.69) is 17.2 Å². The maximum Gasteiger partial charge on any atom is 0.309 e. The van der Waals surface area contributed by atoms with Gasteiger partial charge in [0.25, 0.3) is 0 Å². The predicted molar refractivity (Wildman–Crippen MR) is 69.2 cm³/mol. The fourth-order valence-electron chi connectivity index (χ4n) is 1.30. The van der Waals surface area contributed by atoms with Gasteiger partial charge >= 0.3 is 5.97 Å². The van der Waals surface area contributed by atoms with E-state index in [9.17, 15) is 4.79 Å². The highest BCUT2D eigenvalue weighted by Gasteiger charge is 2.26. The standard InChI is InChI=1S/C12H20N2O2S/c1-4-9-7-14-10(17-9)8-13-6-5-12(2,3)11(15)16/h7,13H,4-6,8H2,1-3H3,(H,15,16). The zero-order valence-corrected chi connectivity index (χ0v) is 11.4. The lowest BCUT2D eigenvalue weighted by Gasteiger charge is -2.18. The number of nitrogens with one attached hydrogen (secondary N) is 1. The van der Waals surface area contributed by atoms with Crippen LogP contribution in [0.3, 0.4) is 0 Å². The maximum atomic E-state index is 10.9. The van der Waals surface area contributed by atoms with Crippen LogP contribution in [0.2, 0.25) is 0 Å². The smallest absolute Gasteiger partial charge is 0.309 e. The summed E-state index contributed by atoms with van der Waals surface area (Å²) in [4.78, 5) is 16.5. The van der Waals surface area contributed by atoms with E-state index in [0.717, 1.165) is 18.0 Å². The molecule has 1 heterocycles. The lowest BCUT2D eigenvalue weighted by Crippen LogP contribution is -2.28. The normalized spacial score (nSPS) is 11.7. The first-order valence-electron chi connectivity index (χ1n) is 5.83. The fourth-order valence-corrected chi connectivity index (χ4v) is 2.13. The lowest BCUT2D eigenvalue weighted by molar-refractivity contribution is -0.147. The molecule has 0 saturated heterocycles. The number of aryl methyl sites for hydroxylation is 1. The molecule has 0 fully saturated rings. The summed E-state index contributed by atoms with van der Waals surface area (Å²) in [5, 5.41) is 13.3. The summed E-state index contributed by atoms with van der Waals surface area (Å²) in [6, 6.07) is 0. The summed E-state index contributed by atoms with van der Waals surface area (Å²) < 4.78 is 0. The SMILES string of the molecule is CCc1cnc(CNCCC(C)(C)C(=O)O)s1. The first-order chi connectivity index (χ1) is 7.95. The molecule has 5 heteroatoms. The molecule has 1 aromatic heterocycles. The van der Waals surface area contributed by atoms with E-state index in [1.54, 1.807) is 25.2 Å². The van der Waals surface area contributed by atoms with Crippen LogP contribution in [-0.2, 0) is 17.8 Å². The topological polar surface area (TPSA) is 62.2 Å². The Kier molecular flexibility index (Phi) is 5.08. The third-order valence-electron chi connectivity index (χ3n) is 2.73. The maximum absolute atomic E-state index is 10.9. The van der Waals surface area contributed by atoms with Crippen molar-refractivity contribution < 1.29 is 9.90 Å². The molecule has 0 unspecified atom stereocenters. The van der Waals surface area contributed by atoms with Crippen LogP contribution in [0.25, 0.3) is 0 Å². The monoisotopic (exact) mass is 256 g/mol. The van der Waals surface area contributed by atoms with Crippen LogP contribution in [0.4, 0.5) is 0 Å². The Labute approximate surface area is 106 Å². The number of carboxylic acid groups (broad SMARTS) is 1. The van der Waals surface area contributed by atoms with Gasteiger partial charge in [-0.05, 0) is 33.2 Å². The van der Waals surface area contributed by atoms with Crippen molar-refractivity contribution in [2.24, 2.45) is 5.41 Å². The third-order valence-corrected chi connectivity index (χ3v) is 3.87. The predicted octanol–water partition coefficient (Wildman–Crippen LogP) is 2.30. The van der Waals surface area contributed by atoms with E-state index in [4.69, 9.17) is 5.11 Å². The Morgan fingerprint density at radius 3 is 2.82 bits per heavy atom. The molecule has 0 spiro atoms. The molecule has 0 bridgehead atoms. The summed E-state index contributed by atoms with van der Waals surface area (Å²) in [7, 11) is 0. The Morgan fingerprint density at radius 1 is 1.59 bits per heavy atom. The molecule has 1 aromatic rings. The zero-order valence-electron chi connectivity index (χ0n) is 10.6. The number of rotatable bonds is 7. The van der Waals surface area contributed by atoms with Crippen molar-refractivity contribution in [1.82, 2.24) is 10.3 Å². The van der Waals surface area contributed by atoms with Crippen molar-refractivity contribution in [2.45, 2.75) is 40.2 Å². The summed E-state index contributed by atoms with van der Waals surface area (Å²) in [6.07, 6.45) is 3.54. The van der Waals surface area contributed by atoms with E-state index >= 15 is 0 Å². The van der Waals surface area contributed by atoms with Gasteiger partial charge in [-0.15, -0.1) is 11.3 Å². The summed E-state index contributed by atoms with van der Waals surface area (Å²) in [5.74, 6) is -0.748. The van der Waals surface area contributed by atoms with Gasteiger partial charge in [-0.3, -0.25) is 4.79 Å². The number of aromatic nitrogens is 1. The number of aliphatic carboxylic acids is 1. The highest BCUT2D eigenvalue weighted by atomic mass is 32.1. The summed E-state index contributed by atoms with van der Waals surface area (Å²) >= 11 is 1.71. The minimum absolute atomic E-state index is 0.619. The van der Waals surface area contributed by atoms with Crippen LogP contribution in [-0.4, -0.2) is 22.6 Å². The van der Waals surface area contributed by atoms with Gasteiger partial charge in [-0.1, -0.05) is 6.92 Å². The van der Waals surface area contributed by atoms with Crippen LogP contribution < -0.4 is 5.32 Å². The molecule has 0 amide bonds. The van der Waals surface area contributed by atoms with Crippen LogP contribution in [0, 0.1) is 5.41 Å². The number of nitrogens with zero attached hydrogens (tertiary/aromatic N) is 1. The van der Waals surface area contributed by atoms with Gasteiger partial charge in [0, 0.05) is 17.6 Å². The Bertz CT molecular complexity index is 374. The Balaban J connectivity index is 2.27. The van der Waals surface area contributed by atoms with Gasteiger partial charge < -0.3 is 10.4 Å². The molecule has 96 valence electrons. The van der Waals surface area contributed by atoms with E-state index in [0.29, 0.717) is 13.0 Å². The Hall–Kier alpha value is -0.940. The van der Waals surface area contributed by atoms with Crippen molar-refractivity contribution in [2.75, 3.05) is 6.54 Å². The minimum Gasteiger partial charge on any atom is -0.481 e. The average Bonchev–Trinajstić information content (AvgIpc) is 2.72. The second-order valence-electron chi connectivity index (χ2n) is 4.69. The molecular formula is C12H20N2O2S. The zero-order chi connectivity index (χ0) is 12.9. The second kappa shape index (κ2) is 6.12. The van der Waals surface area contributed by atoms with Gasteiger partial charge in [0.05, 0.1) is 5.41 Å². The molecular weight excluding hydrogens is 236 g/mol. The summed E-state index contributed by atoms with van der Waals surface area (Å²) in [5.41, 5.74) is -0.662. The molecule has 17 heavy (non-hydrogen) atoms. The second-order valence-corrected chi connectivity index (χ2v) is 5.89. The highest BCUT2D eigenvalue weighted by molar-refractivity contribution is 7.11. The third kappa shape index (κ3) is 4.44. The number of thiazole rings is 1. The van der Waals surface area contributed by atoms with Crippen molar-refractivity contribution in [3.63, 3.8) is 0 Å². The van der Waals surface area contributed by atoms with Crippen molar-refractivity contribution in [1.29, 1.82) is 0 Å². The number of hydrogen-bond acceptors (Lipinski definition) is 4. The van der Waals surface area contributed by atoms with E-state index in [1.807, 2.05) is 6.20 Å². The van der Waals surface area contributed by atoms with Gasteiger partial charge in [0.2, 0.25) is 0 Å². The lowest BCUT2D eigenvalue weighted by atomic mass is 9.90. The number of carboxylic acids is 1. The molecule has 0 radical (unpaired) electrons. The number of carbonyl (C=O) groups is 1. The molecule has 0 aromatic carbocycles. The molecule has 4 nitrogen and oxygen atoms in total. The van der Waals surface area contributed by atoms with Gasteiger partial charge in [0.15, 0.2) is 0 Å². The van der Waals surface area contributed by atoms with Crippen molar-refractivity contribution in [3.05, 3.63) is 16.1 Å². The van der Waals surface area contributed by atoms with Crippen LogP contribution in [0.15, 0.2) is 6.20 Å². The number of hydrogen-bond donors (Lipinski definition) is 2. The van der Waals surface area contributed by atoms with Crippen LogP contribution in [0.1, 0.15) is 37.1 Å². The van der Waals surface area contributed by atoms with E-state index in [1.165, 1.54) is 4.88 Å². The molecule has 2 N–H and O–H groups in total. The first-order valence-corrected chi connectivity index (χ1v) is 6.65. The quantitative estimate of drug-likeness (QED) is 0.735. The van der Waals surface area contributed by atoms with Crippen molar-refractivity contribution >= 4 is 17.3 Å². The largest absolute Gasteiger partial charge is 0.481 e. The van der Waals surface area contributed by atoms with Gasteiger partial charge in [0.1, 0.15) is 5.01 Å².